The van der Waals surface area contributed by atoms with E-state index in [1.807, 2.05) is 45.9 Å². The summed E-state index contributed by atoms with van der Waals surface area (Å²) in [5, 5.41) is 10.8. The fraction of sp³-hybridized carbons (Fsp3) is 0.357. The van der Waals surface area contributed by atoms with Gasteiger partial charge >= 0.3 is 0 Å². The number of benzene rings is 2. The molecule has 0 aliphatic rings. The van der Waals surface area contributed by atoms with Crippen molar-refractivity contribution in [3.8, 4) is 0 Å². The molecule has 1 unspecified atom stereocenters. The number of hydrogen-bond acceptors (Lipinski definition) is 3. The van der Waals surface area contributed by atoms with Crippen LogP contribution in [0, 0.1) is 31.4 Å². The van der Waals surface area contributed by atoms with Crippen LogP contribution in [0.25, 0.3) is 0 Å². The molecule has 3 aromatic rings. The molecule has 1 amide bonds. The van der Waals surface area contributed by atoms with Crippen molar-refractivity contribution < 1.29 is 13.6 Å². The lowest BCUT2D eigenvalue weighted by molar-refractivity contribution is -0.106. The molecular formula is C28H36F2N4O. The lowest BCUT2D eigenvalue weighted by Gasteiger charge is -2.34. The van der Waals surface area contributed by atoms with Gasteiger partial charge in [0.05, 0.1) is 0 Å². The average molecular weight is 483 g/mol. The fourth-order valence-corrected chi connectivity index (χ4v) is 4.03. The van der Waals surface area contributed by atoms with Crippen LogP contribution in [-0.4, -0.2) is 16.6 Å². The molecule has 188 valence electrons. The van der Waals surface area contributed by atoms with Crippen molar-refractivity contribution in [2.45, 2.75) is 59.3 Å². The Hall–Kier alpha value is -3.48. The summed E-state index contributed by atoms with van der Waals surface area (Å²) in [6.45, 7) is 18.3. The Morgan fingerprint density at radius 1 is 1.00 bits per heavy atom. The monoisotopic (exact) mass is 482 g/mol. The number of halogens is 2. The third-order valence-corrected chi connectivity index (χ3v) is 6.70. The van der Waals surface area contributed by atoms with E-state index in [1.54, 1.807) is 12.1 Å². The van der Waals surface area contributed by atoms with Gasteiger partial charge in [-0.05, 0) is 65.8 Å². The number of aryl methyl sites for hydroxylation is 2. The molecule has 0 radical (unpaired) electrons. The van der Waals surface area contributed by atoms with E-state index in [9.17, 15) is 8.78 Å². The maximum atomic E-state index is 14.0. The number of carbonyl (C=O) groups excluding carboxylic acids is 1. The van der Waals surface area contributed by atoms with Crippen LogP contribution in [0.15, 0.2) is 54.7 Å². The SMILES string of the molecule is C=C(Nc1cc(C(C)(C)c2cc(C)cc(F)c2)[nH]n1)C(C)C(C)(C)c1cc(C)cc(F)c1.NC=O. The van der Waals surface area contributed by atoms with Crippen LogP contribution in [0.1, 0.15) is 62.6 Å². The molecule has 3 rings (SSSR count). The van der Waals surface area contributed by atoms with Crippen LogP contribution in [0.3, 0.4) is 0 Å². The van der Waals surface area contributed by atoms with E-state index in [2.05, 4.69) is 48.6 Å². The molecule has 0 aliphatic carbocycles. The summed E-state index contributed by atoms with van der Waals surface area (Å²) in [5.74, 6) is 0.167. The topological polar surface area (TPSA) is 83.8 Å². The Balaban J connectivity index is 0.00000137. The van der Waals surface area contributed by atoms with E-state index >= 15 is 0 Å². The number of allylic oxidation sites excluding steroid dienone is 1. The summed E-state index contributed by atoms with van der Waals surface area (Å²) in [6, 6.07) is 12.1. The van der Waals surface area contributed by atoms with Gasteiger partial charge in [0.25, 0.3) is 0 Å². The number of anilines is 1. The first-order valence-corrected chi connectivity index (χ1v) is 11.4. The molecule has 0 saturated carbocycles. The predicted molar refractivity (Wildman–Crippen MR) is 138 cm³/mol. The van der Waals surface area contributed by atoms with Crippen LogP contribution in [-0.2, 0) is 15.6 Å². The number of nitrogens with zero attached hydrogens (tertiary/aromatic N) is 1. The van der Waals surface area contributed by atoms with Crippen molar-refractivity contribution in [2.75, 3.05) is 5.32 Å². The fourth-order valence-electron chi connectivity index (χ4n) is 4.03. The van der Waals surface area contributed by atoms with E-state index in [-0.39, 0.29) is 29.4 Å². The Labute approximate surface area is 206 Å². The number of hydrogen-bond donors (Lipinski definition) is 3. The van der Waals surface area contributed by atoms with E-state index < -0.39 is 5.41 Å². The zero-order chi connectivity index (χ0) is 26.6. The van der Waals surface area contributed by atoms with Crippen LogP contribution < -0.4 is 11.1 Å². The van der Waals surface area contributed by atoms with Gasteiger partial charge in [0.2, 0.25) is 6.41 Å². The Kier molecular flexibility index (Phi) is 8.60. The largest absolute Gasteiger partial charge is 0.372 e. The number of H-pyrrole nitrogens is 1. The molecule has 1 atom stereocenters. The number of carbonyl (C=O) groups is 1. The molecule has 4 N–H and O–H groups in total. The van der Waals surface area contributed by atoms with Crippen molar-refractivity contribution in [1.82, 2.24) is 10.2 Å². The van der Waals surface area contributed by atoms with E-state index in [4.69, 9.17) is 4.79 Å². The molecule has 7 heteroatoms. The smallest absolute Gasteiger partial charge is 0.204 e. The minimum absolute atomic E-state index is 0.00253. The number of nitrogens with one attached hydrogen (secondary N) is 2. The highest BCUT2D eigenvalue weighted by Crippen LogP contribution is 2.37. The van der Waals surface area contributed by atoms with Gasteiger partial charge in [0, 0.05) is 28.8 Å². The van der Waals surface area contributed by atoms with E-state index in [0.717, 1.165) is 33.6 Å². The van der Waals surface area contributed by atoms with Gasteiger partial charge in [0.15, 0.2) is 5.82 Å². The van der Waals surface area contributed by atoms with Gasteiger partial charge < -0.3 is 11.1 Å². The van der Waals surface area contributed by atoms with Crippen LogP contribution in [0.2, 0.25) is 0 Å². The summed E-state index contributed by atoms with van der Waals surface area (Å²) in [7, 11) is 0. The van der Waals surface area contributed by atoms with Gasteiger partial charge in [-0.1, -0.05) is 53.3 Å². The summed E-state index contributed by atoms with van der Waals surface area (Å²) >= 11 is 0. The standard InChI is InChI=1S/C27H33F2N3.CH3NO/c1-16-9-20(13-22(28)11-16)26(5,6)18(3)19(4)30-25-15-24(31-32-25)27(7,8)21-10-17(2)12-23(29)14-21;2-1-3/h9-15,18H,4H2,1-3,5-8H3,(H2,30,31,32);1H,(H2,2,3). The molecule has 1 heterocycles. The number of aromatic nitrogens is 2. The Bertz CT molecular complexity index is 1160. The van der Waals surface area contributed by atoms with Crippen molar-refractivity contribution in [3.05, 3.63) is 94.3 Å². The van der Waals surface area contributed by atoms with Gasteiger partial charge in [-0.15, -0.1) is 0 Å². The molecule has 35 heavy (non-hydrogen) atoms. The molecular weight excluding hydrogens is 446 g/mol. The van der Waals surface area contributed by atoms with Gasteiger partial charge in [-0.25, -0.2) is 8.78 Å². The van der Waals surface area contributed by atoms with Gasteiger partial charge in [0.1, 0.15) is 11.6 Å². The maximum Gasteiger partial charge on any atom is 0.204 e. The predicted octanol–water partition coefficient (Wildman–Crippen LogP) is 6.27. The minimum Gasteiger partial charge on any atom is -0.372 e. The van der Waals surface area contributed by atoms with Crippen molar-refractivity contribution in [2.24, 2.45) is 11.7 Å². The number of nitrogens with two attached hydrogens (primary N) is 1. The number of rotatable bonds is 7. The van der Waals surface area contributed by atoms with Crippen LogP contribution >= 0.6 is 0 Å². The maximum absolute atomic E-state index is 14.0. The van der Waals surface area contributed by atoms with Crippen molar-refractivity contribution in [1.29, 1.82) is 0 Å². The van der Waals surface area contributed by atoms with Gasteiger partial charge in [-0.2, -0.15) is 5.10 Å². The van der Waals surface area contributed by atoms with Crippen molar-refractivity contribution in [3.63, 3.8) is 0 Å². The Morgan fingerprint density at radius 2 is 1.49 bits per heavy atom. The molecule has 1 aromatic heterocycles. The Morgan fingerprint density at radius 3 is 2.00 bits per heavy atom. The zero-order valence-corrected chi connectivity index (χ0v) is 21.6. The van der Waals surface area contributed by atoms with Crippen LogP contribution in [0.5, 0.6) is 0 Å². The molecule has 0 saturated heterocycles. The summed E-state index contributed by atoms with van der Waals surface area (Å²) in [4.78, 5) is 8.58. The van der Waals surface area contributed by atoms with Crippen molar-refractivity contribution >= 4 is 12.2 Å². The van der Waals surface area contributed by atoms with Gasteiger partial charge in [-0.3, -0.25) is 9.89 Å². The second-order valence-electron chi connectivity index (χ2n) is 10.1. The summed E-state index contributed by atoms with van der Waals surface area (Å²) in [5.41, 5.74) is 8.60. The second kappa shape index (κ2) is 10.8. The zero-order valence-electron chi connectivity index (χ0n) is 21.6. The molecule has 0 aliphatic heterocycles. The quantitative estimate of drug-likeness (QED) is 0.347. The first-order valence-electron chi connectivity index (χ1n) is 11.4. The normalized spacial score (nSPS) is 12.4. The lowest BCUT2D eigenvalue weighted by atomic mass is 9.72. The van der Waals surface area contributed by atoms with E-state index in [1.165, 1.54) is 12.1 Å². The third-order valence-electron chi connectivity index (χ3n) is 6.70. The first kappa shape index (κ1) is 27.8. The average Bonchev–Trinajstić information content (AvgIpc) is 3.21. The number of amides is 1. The molecule has 0 spiro atoms. The number of primary amides is 1. The van der Waals surface area contributed by atoms with E-state index in [0.29, 0.717) is 5.82 Å². The second-order valence-corrected chi connectivity index (χ2v) is 10.1. The first-order chi connectivity index (χ1) is 16.2. The van der Waals surface area contributed by atoms with Crippen LogP contribution in [0.4, 0.5) is 14.6 Å². The highest BCUT2D eigenvalue weighted by atomic mass is 19.1. The lowest BCUT2D eigenvalue weighted by Crippen LogP contribution is -2.30. The molecule has 0 bridgehead atoms. The molecule has 5 nitrogen and oxygen atoms in total. The molecule has 2 aromatic carbocycles. The summed E-state index contributed by atoms with van der Waals surface area (Å²) in [6.07, 6.45) is 0.250. The minimum atomic E-state index is -0.453. The number of aromatic amines is 1. The highest BCUT2D eigenvalue weighted by Gasteiger charge is 2.31. The third kappa shape index (κ3) is 6.56. The molecule has 0 fully saturated rings. The highest BCUT2D eigenvalue weighted by molar-refractivity contribution is 5.47. The summed E-state index contributed by atoms with van der Waals surface area (Å²) < 4.78 is 28.0.